The number of aromatic nitrogens is 1. The van der Waals surface area contributed by atoms with Crippen molar-refractivity contribution in [1.82, 2.24) is 4.98 Å². The lowest BCUT2D eigenvalue weighted by molar-refractivity contribution is 1.29. The van der Waals surface area contributed by atoms with Crippen LogP contribution in [0.5, 0.6) is 0 Å². The summed E-state index contributed by atoms with van der Waals surface area (Å²) in [5.41, 5.74) is 8.25. The summed E-state index contributed by atoms with van der Waals surface area (Å²) in [6.07, 6.45) is 3.84. The maximum absolute atomic E-state index is 4.35. The monoisotopic (exact) mass is 554 g/mol. The highest BCUT2D eigenvalue weighted by Crippen LogP contribution is 2.41. The predicted molar refractivity (Wildman–Crippen MR) is 180 cm³/mol. The van der Waals surface area contributed by atoms with Crippen molar-refractivity contribution in [1.29, 1.82) is 0 Å². The molecule has 0 radical (unpaired) electrons. The van der Waals surface area contributed by atoms with Crippen LogP contribution in [0, 0.1) is 0 Å². The topological polar surface area (TPSA) is 16.1 Å². The van der Waals surface area contributed by atoms with Crippen LogP contribution in [-0.2, 0) is 0 Å². The van der Waals surface area contributed by atoms with Gasteiger partial charge in [-0.15, -0.1) is 11.3 Å². The van der Waals surface area contributed by atoms with E-state index in [0.29, 0.717) is 0 Å². The van der Waals surface area contributed by atoms with Crippen molar-refractivity contribution in [3.8, 4) is 22.3 Å². The number of hydrogen-bond donors (Lipinski definition) is 0. The number of pyridine rings is 1. The first-order valence-corrected chi connectivity index (χ1v) is 14.9. The summed E-state index contributed by atoms with van der Waals surface area (Å²) in [4.78, 5) is 6.70. The maximum Gasteiger partial charge on any atom is 0.0538 e. The van der Waals surface area contributed by atoms with E-state index < -0.39 is 0 Å². The average molecular weight is 555 g/mol. The molecule has 8 rings (SSSR count). The van der Waals surface area contributed by atoms with Gasteiger partial charge in [0.2, 0.25) is 0 Å². The highest BCUT2D eigenvalue weighted by molar-refractivity contribution is 7.25. The molecule has 0 aliphatic heterocycles. The Balaban J connectivity index is 1.24. The summed E-state index contributed by atoms with van der Waals surface area (Å²) < 4.78 is 2.47. The number of hydrogen-bond acceptors (Lipinski definition) is 3. The normalized spacial score (nSPS) is 11.3. The zero-order valence-electron chi connectivity index (χ0n) is 22.8. The molecule has 0 fully saturated rings. The van der Waals surface area contributed by atoms with Crippen LogP contribution in [0.3, 0.4) is 0 Å². The molecule has 42 heavy (non-hydrogen) atoms. The van der Waals surface area contributed by atoms with Crippen molar-refractivity contribution in [2.75, 3.05) is 4.90 Å². The summed E-state index contributed by atoms with van der Waals surface area (Å²) in [6.45, 7) is 0. The molecular formula is C39H26N2S. The number of anilines is 3. The molecule has 0 N–H and O–H groups in total. The van der Waals surface area contributed by atoms with E-state index in [-0.39, 0.29) is 0 Å². The van der Waals surface area contributed by atoms with E-state index in [2.05, 4.69) is 155 Å². The molecule has 0 spiro atoms. The van der Waals surface area contributed by atoms with Gasteiger partial charge in [0.15, 0.2) is 0 Å². The molecule has 2 nitrogen and oxygen atoms in total. The average Bonchev–Trinajstić information content (AvgIpc) is 3.44. The molecular weight excluding hydrogens is 529 g/mol. The summed E-state index contributed by atoms with van der Waals surface area (Å²) in [6, 6.07) is 52.4. The van der Waals surface area contributed by atoms with Crippen molar-refractivity contribution in [3.63, 3.8) is 0 Å². The van der Waals surface area contributed by atoms with Gasteiger partial charge in [-0.3, -0.25) is 4.98 Å². The fourth-order valence-electron chi connectivity index (χ4n) is 5.91. The summed E-state index contributed by atoms with van der Waals surface area (Å²) in [7, 11) is 0. The molecule has 3 heteroatoms. The molecule has 6 aromatic carbocycles. The Labute approximate surface area is 248 Å². The van der Waals surface area contributed by atoms with Crippen LogP contribution in [-0.4, -0.2) is 4.98 Å². The van der Waals surface area contributed by atoms with Gasteiger partial charge in [0.25, 0.3) is 0 Å². The Morgan fingerprint density at radius 3 is 1.90 bits per heavy atom. The lowest BCUT2D eigenvalue weighted by atomic mass is 9.98. The Morgan fingerprint density at radius 1 is 0.452 bits per heavy atom. The van der Waals surface area contributed by atoms with Crippen LogP contribution in [0.4, 0.5) is 17.1 Å². The number of rotatable bonds is 5. The van der Waals surface area contributed by atoms with Crippen molar-refractivity contribution >= 4 is 59.3 Å². The Kier molecular flexibility index (Phi) is 6.02. The minimum absolute atomic E-state index is 1.12. The molecule has 2 aromatic heterocycles. The van der Waals surface area contributed by atoms with Crippen LogP contribution >= 0.6 is 11.3 Å². The second-order valence-corrected chi connectivity index (χ2v) is 11.6. The van der Waals surface area contributed by atoms with Gasteiger partial charge in [-0.2, -0.15) is 0 Å². The third-order valence-corrected chi connectivity index (χ3v) is 9.08. The van der Waals surface area contributed by atoms with E-state index in [4.69, 9.17) is 0 Å². The lowest BCUT2D eigenvalue weighted by Gasteiger charge is -2.26. The Hall–Kier alpha value is -5.25. The van der Waals surface area contributed by atoms with Crippen molar-refractivity contribution < 1.29 is 0 Å². The molecule has 0 saturated heterocycles. The molecule has 0 saturated carbocycles. The van der Waals surface area contributed by atoms with Crippen LogP contribution in [0.2, 0.25) is 0 Å². The molecule has 2 heterocycles. The SMILES string of the molecule is c1ccc(-c2ccc(N(c3ccc(-c4cccc5ccccc45)cc3)c3ccc4c(c3)sc3cnccc34)cc2)cc1. The minimum Gasteiger partial charge on any atom is -0.310 e. The van der Waals surface area contributed by atoms with Crippen LogP contribution in [0.15, 0.2) is 158 Å². The second kappa shape index (κ2) is 10.3. The number of fused-ring (bicyclic) bond motifs is 4. The third kappa shape index (κ3) is 4.32. The standard InChI is InChI=1S/C39H26N2S/c1-2-7-27(8-3-1)28-13-17-31(18-14-28)41(33-21-22-36-37-23-24-40-26-39(37)42-38(36)25-33)32-19-15-30(16-20-32)35-12-6-10-29-9-4-5-11-34(29)35/h1-26H. The molecule has 0 aliphatic rings. The molecule has 198 valence electrons. The van der Waals surface area contributed by atoms with Gasteiger partial charge in [-0.25, -0.2) is 0 Å². The fraction of sp³-hybridized carbons (Fsp3) is 0. The van der Waals surface area contributed by atoms with E-state index in [1.165, 1.54) is 53.2 Å². The molecule has 0 bridgehead atoms. The smallest absolute Gasteiger partial charge is 0.0538 e. The maximum atomic E-state index is 4.35. The molecule has 0 amide bonds. The summed E-state index contributed by atoms with van der Waals surface area (Å²) in [5.74, 6) is 0. The van der Waals surface area contributed by atoms with E-state index >= 15 is 0 Å². The minimum atomic E-state index is 1.12. The number of benzene rings is 6. The van der Waals surface area contributed by atoms with Crippen LogP contribution in [0.25, 0.3) is 53.2 Å². The van der Waals surface area contributed by atoms with Gasteiger partial charge >= 0.3 is 0 Å². The quantitative estimate of drug-likeness (QED) is 0.210. The molecule has 0 atom stereocenters. The Bertz CT molecular complexity index is 2170. The Morgan fingerprint density at radius 2 is 1.10 bits per heavy atom. The van der Waals surface area contributed by atoms with Gasteiger partial charge in [0, 0.05) is 44.9 Å². The first kappa shape index (κ1) is 24.5. The number of thiophene rings is 1. The first-order chi connectivity index (χ1) is 20.8. The second-order valence-electron chi connectivity index (χ2n) is 10.5. The zero-order chi connectivity index (χ0) is 27.9. The van der Waals surface area contributed by atoms with Crippen LogP contribution < -0.4 is 4.90 Å². The largest absolute Gasteiger partial charge is 0.310 e. The van der Waals surface area contributed by atoms with E-state index in [0.717, 1.165) is 17.1 Å². The van der Waals surface area contributed by atoms with Gasteiger partial charge < -0.3 is 4.90 Å². The molecule has 0 aliphatic carbocycles. The van der Waals surface area contributed by atoms with Gasteiger partial charge in [-0.05, 0) is 75.5 Å². The molecule has 0 unspecified atom stereocenters. The highest BCUT2D eigenvalue weighted by atomic mass is 32.1. The van der Waals surface area contributed by atoms with Crippen LogP contribution in [0.1, 0.15) is 0 Å². The predicted octanol–water partition coefficient (Wildman–Crippen LogP) is 11.4. The van der Waals surface area contributed by atoms with Gasteiger partial charge in [0.1, 0.15) is 0 Å². The lowest BCUT2D eigenvalue weighted by Crippen LogP contribution is -2.09. The zero-order valence-corrected chi connectivity index (χ0v) is 23.6. The van der Waals surface area contributed by atoms with E-state index in [1.807, 2.05) is 12.4 Å². The van der Waals surface area contributed by atoms with Crippen molar-refractivity contribution in [2.24, 2.45) is 0 Å². The van der Waals surface area contributed by atoms with Crippen molar-refractivity contribution in [2.45, 2.75) is 0 Å². The highest BCUT2D eigenvalue weighted by Gasteiger charge is 2.16. The van der Waals surface area contributed by atoms with Gasteiger partial charge in [-0.1, -0.05) is 103 Å². The fourth-order valence-corrected chi connectivity index (χ4v) is 7.01. The van der Waals surface area contributed by atoms with E-state index in [9.17, 15) is 0 Å². The third-order valence-electron chi connectivity index (χ3n) is 7.98. The molecule has 8 aromatic rings. The van der Waals surface area contributed by atoms with Crippen molar-refractivity contribution in [3.05, 3.63) is 158 Å². The first-order valence-electron chi connectivity index (χ1n) is 14.1. The summed E-state index contributed by atoms with van der Waals surface area (Å²) in [5, 5.41) is 5.05. The number of nitrogens with zero attached hydrogens (tertiary/aromatic N) is 2. The van der Waals surface area contributed by atoms with Gasteiger partial charge in [0.05, 0.1) is 4.70 Å². The van der Waals surface area contributed by atoms with E-state index in [1.54, 1.807) is 11.3 Å². The summed E-state index contributed by atoms with van der Waals surface area (Å²) >= 11 is 1.79.